The first-order valence-electron chi connectivity index (χ1n) is 6.01. The van der Waals surface area contributed by atoms with Gasteiger partial charge in [0.2, 0.25) is 0 Å². The Morgan fingerprint density at radius 2 is 2.00 bits per heavy atom. The second kappa shape index (κ2) is 3.78. The minimum atomic E-state index is -0.480. The highest BCUT2D eigenvalue weighted by Gasteiger charge is 2.63. The second-order valence-corrected chi connectivity index (χ2v) is 4.68. The van der Waals surface area contributed by atoms with E-state index in [9.17, 15) is 4.79 Å². The van der Waals surface area contributed by atoms with Gasteiger partial charge in [0.1, 0.15) is 18.3 Å². The number of carbonyl (C=O) groups excluding carboxylic acids is 1. The molecule has 0 aromatic heterocycles. The zero-order valence-corrected chi connectivity index (χ0v) is 9.52. The molecule has 0 N–H and O–H groups in total. The van der Waals surface area contributed by atoms with Gasteiger partial charge in [0, 0.05) is 0 Å². The van der Waals surface area contributed by atoms with Crippen molar-refractivity contribution in [2.45, 2.75) is 30.7 Å². The Balaban J connectivity index is 1.50. The summed E-state index contributed by atoms with van der Waals surface area (Å²) in [4.78, 5) is 12.0. The third-order valence-electron chi connectivity index (χ3n) is 3.51. The fourth-order valence-electron chi connectivity index (χ4n) is 2.53. The van der Waals surface area contributed by atoms with Gasteiger partial charge in [0.15, 0.2) is 12.4 Å². The van der Waals surface area contributed by atoms with E-state index in [1.165, 1.54) is 0 Å². The first-order valence-corrected chi connectivity index (χ1v) is 6.01. The van der Waals surface area contributed by atoms with Crippen LogP contribution < -0.4 is 0 Å². The second-order valence-electron chi connectivity index (χ2n) is 4.68. The molecule has 0 radical (unpaired) electrons. The lowest BCUT2D eigenvalue weighted by molar-refractivity contribution is -0.146. The van der Waals surface area contributed by atoms with E-state index in [1.807, 2.05) is 6.07 Å². The first kappa shape index (κ1) is 10.5. The van der Waals surface area contributed by atoms with Gasteiger partial charge in [-0.15, -0.1) is 0 Å². The molecule has 5 atom stereocenters. The molecule has 0 unspecified atom stereocenters. The fraction of sp³-hybridized carbons (Fsp3) is 0.462. The summed E-state index contributed by atoms with van der Waals surface area (Å²) in [6.45, 7) is 0.519. The monoisotopic (exact) mass is 248 g/mol. The van der Waals surface area contributed by atoms with Gasteiger partial charge in [0.25, 0.3) is 0 Å². The van der Waals surface area contributed by atoms with Crippen LogP contribution >= 0.6 is 0 Å². The van der Waals surface area contributed by atoms with Crippen LogP contribution in [-0.4, -0.2) is 43.3 Å². The van der Waals surface area contributed by atoms with Gasteiger partial charge in [0.05, 0.1) is 12.2 Å². The molecule has 18 heavy (non-hydrogen) atoms. The predicted octanol–water partition coefficient (Wildman–Crippen LogP) is 0.734. The van der Waals surface area contributed by atoms with Crippen molar-refractivity contribution in [2.75, 3.05) is 6.61 Å². The number of rotatable bonds is 2. The van der Waals surface area contributed by atoms with Crippen molar-refractivity contribution in [3.05, 3.63) is 35.9 Å². The van der Waals surface area contributed by atoms with Crippen molar-refractivity contribution < 1.29 is 23.7 Å². The minimum absolute atomic E-state index is 0.00618. The Hall–Kier alpha value is -1.43. The highest BCUT2D eigenvalue weighted by molar-refractivity contribution is 5.89. The average Bonchev–Trinajstić information content (AvgIpc) is 3.10. The summed E-state index contributed by atoms with van der Waals surface area (Å²) in [5.74, 6) is -0.368. The molecule has 3 fully saturated rings. The Morgan fingerprint density at radius 1 is 1.17 bits per heavy atom. The molecule has 0 spiro atoms. The molecule has 5 heteroatoms. The number of hydrogen-bond donors (Lipinski definition) is 0. The summed E-state index contributed by atoms with van der Waals surface area (Å²) in [5, 5.41) is 0. The third-order valence-corrected chi connectivity index (χ3v) is 3.51. The molecular weight excluding hydrogens is 236 g/mol. The lowest BCUT2D eigenvalue weighted by Gasteiger charge is -2.24. The lowest BCUT2D eigenvalue weighted by atomic mass is 10.1. The van der Waals surface area contributed by atoms with Crippen LogP contribution in [0.4, 0.5) is 0 Å². The van der Waals surface area contributed by atoms with E-state index in [2.05, 4.69) is 0 Å². The molecule has 5 nitrogen and oxygen atoms in total. The number of hydrogen-bond acceptors (Lipinski definition) is 5. The molecular formula is C13H12O5. The quantitative estimate of drug-likeness (QED) is 0.570. The number of epoxide rings is 1. The number of ether oxygens (including phenoxy) is 4. The predicted molar refractivity (Wildman–Crippen MR) is 58.9 cm³/mol. The Morgan fingerprint density at radius 3 is 2.83 bits per heavy atom. The van der Waals surface area contributed by atoms with E-state index in [0.29, 0.717) is 12.2 Å². The number of carbonyl (C=O) groups is 1. The summed E-state index contributed by atoms with van der Waals surface area (Å²) in [6.07, 6.45) is -0.971. The van der Waals surface area contributed by atoms with E-state index < -0.39 is 12.4 Å². The molecule has 1 aromatic carbocycles. The van der Waals surface area contributed by atoms with Crippen LogP contribution in [0.2, 0.25) is 0 Å². The van der Waals surface area contributed by atoms with Crippen LogP contribution in [0.5, 0.6) is 0 Å². The average molecular weight is 248 g/mol. The van der Waals surface area contributed by atoms with Gasteiger partial charge < -0.3 is 18.9 Å². The zero-order chi connectivity index (χ0) is 12.1. The first-order chi connectivity index (χ1) is 8.83. The van der Waals surface area contributed by atoms with Gasteiger partial charge in [-0.2, -0.15) is 0 Å². The topological polar surface area (TPSA) is 57.3 Å². The maximum absolute atomic E-state index is 12.0. The summed E-state index contributed by atoms with van der Waals surface area (Å²) >= 11 is 0. The Labute approximate surface area is 104 Å². The van der Waals surface area contributed by atoms with Crippen molar-refractivity contribution in [3.63, 3.8) is 0 Å². The highest BCUT2D eigenvalue weighted by atomic mass is 16.8. The van der Waals surface area contributed by atoms with Gasteiger partial charge in [-0.3, -0.25) is 0 Å². The molecule has 1 aromatic rings. The minimum Gasteiger partial charge on any atom is -0.450 e. The van der Waals surface area contributed by atoms with Gasteiger partial charge in [-0.25, -0.2) is 4.79 Å². The largest absolute Gasteiger partial charge is 0.450 e. The van der Waals surface area contributed by atoms with E-state index >= 15 is 0 Å². The summed E-state index contributed by atoms with van der Waals surface area (Å²) in [6, 6.07) is 8.88. The van der Waals surface area contributed by atoms with Crippen molar-refractivity contribution in [2.24, 2.45) is 0 Å². The molecule has 0 amide bonds. The molecule has 4 rings (SSSR count). The normalized spacial score (nSPS) is 40.1. The fourth-order valence-corrected chi connectivity index (χ4v) is 2.53. The van der Waals surface area contributed by atoms with Crippen LogP contribution in [0.25, 0.3) is 0 Å². The van der Waals surface area contributed by atoms with E-state index in [-0.39, 0.29) is 24.3 Å². The van der Waals surface area contributed by atoms with Crippen LogP contribution in [0, 0.1) is 0 Å². The SMILES string of the molecule is O=C(O[C@H]1[C@@H]2OC[C@@H](O2)[C@@H]2O[C@@H]21)c1ccccc1. The third kappa shape index (κ3) is 1.55. The number of esters is 1. The van der Waals surface area contributed by atoms with Gasteiger partial charge >= 0.3 is 5.97 Å². The van der Waals surface area contributed by atoms with Crippen molar-refractivity contribution in [1.29, 1.82) is 0 Å². The smallest absolute Gasteiger partial charge is 0.338 e. The van der Waals surface area contributed by atoms with Crippen molar-refractivity contribution >= 4 is 5.97 Å². The maximum Gasteiger partial charge on any atom is 0.338 e. The summed E-state index contributed by atoms with van der Waals surface area (Å²) in [7, 11) is 0. The van der Waals surface area contributed by atoms with Crippen molar-refractivity contribution in [3.8, 4) is 0 Å². The highest BCUT2D eigenvalue weighted by Crippen LogP contribution is 2.43. The van der Waals surface area contributed by atoms with Crippen LogP contribution in [0.15, 0.2) is 30.3 Å². The van der Waals surface area contributed by atoms with E-state index in [0.717, 1.165) is 0 Å². The van der Waals surface area contributed by atoms with Crippen LogP contribution in [-0.2, 0) is 18.9 Å². The van der Waals surface area contributed by atoms with Gasteiger partial charge in [-0.05, 0) is 12.1 Å². The maximum atomic E-state index is 12.0. The van der Waals surface area contributed by atoms with E-state index in [1.54, 1.807) is 24.3 Å². The lowest BCUT2D eigenvalue weighted by Crippen LogP contribution is -2.42. The molecule has 94 valence electrons. The van der Waals surface area contributed by atoms with Crippen molar-refractivity contribution in [1.82, 2.24) is 0 Å². The molecule has 2 bridgehead atoms. The van der Waals surface area contributed by atoms with Crippen LogP contribution in [0.1, 0.15) is 10.4 Å². The Kier molecular flexibility index (Phi) is 2.20. The van der Waals surface area contributed by atoms with E-state index in [4.69, 9.17) is 18.9 Å². The zero-order valence-electron chi connectivity index (χ0n) is 9.52. The molecule has 0 aliphatic carbocycles. The number of benzene rings is 1. The molecule has 3 aliphatic heterocycles. The van der Waals surface area contributed by atoms with Gasteiger partial charge in [-0.1, -0.05) is 18.2 Å². The Bertz CT molecular complexity index is 474. The molecule has 0 saturated carbocycles. The standard InChI is InChI=1S/C13H12O5/c14-12(7-4-2-1-3-5-7)18-11-10-9(17-10)8-6-15-13(11)16-8/h1-5,8-11,13H,6H2/t8-,9+,10+,11-,13-/m1/s1. The molecule has 3 heterocycles. The summed E-state index contributed by atoms with van der Waals surface area (Å²) in [5.41, 5.74) is 0.523. The molecule has 3 aliphatic rings. The summed E-state index contributed by atoms with van der Waals surface area (Å²) < 4.78 is 22.0. The molecule has 3 saturated heterocycles. The van der Waals surface area contributed by atoms with Crippen LogP contribution in [0.3, 0.4) is 0 Å². The number of fused-ring (bicyclic) bond motifs is 4.